The molecule has 0 saturated heterocycles. The summed E-state index contributed by atoms with van der Waals surface area (Å²) in [5.41, 5.74) is 1.30. The zero-order chi connectivity index (χ0) is 17.4. The van der Waals surface area contributed by atoms with E-state index in [4.69, 9.17) is 9.84 Å². The monoisotopic (exact) mass is 324 g/mol. The van der Waals surface area contributed by atoms with Crippen molar-refractivity contribution in [2.45, 2.75) is 6.42 Å². The lowest BCUT2D eigenvalue weighted by atomic mass is 10.1. The van der Waals surface area contributed by atoms with Crippen LogP contribution in [0.4, 0.5) is 0 Å². The fourth-order valence-corrected chi connectivity index (χ4v) is 1.98. The molecule has 0 aromatic heterocycles. The van der Waals surface area contributed by atoms with Crippen LogP contribution >= 0.6 is 0 Å². The van der Waals surface area contributed by atoms with Crippen LogP contribution in [0.25, 0.3) is 6.08 Å². The van der Waals surface area contributed by atoms with Crippen LogP contribution in [0.2, 0.25) is 0 Å². The summed E-state index contributed by atoms with van der Waals surface area (Å²) in [6.07, 6.45) is 3.10. The predicted molar refractivity (Wildman–Crippen MR) is 89.0 cm³/mol. The number of ether oxygens (including phenoxy) is 1. The zero-order valence-corrected chi connectivity index (χ0v) is 12.8. The van der Waals surface area contributed by atoms with E-state index in [1.165, 1.54) is 12.1 Å². The molecule has 0 aliphatic rings. The van der Waals surface area contributed by atoms with Crippen LogP contribution < -0.4 is 4.74 Å². The van der Waals surface area contributed by atoms with E-state index in [2.05, 4.69) is 0 Å². The highest BCUT2D eigenvalue weighted by Gasteiger charge is 2.17. The van der Waals surface area contributed by atoms with Crippen molar-refractivity contribution in [3.63, 3.8) is 0 Å². The van der Waals surface area contributed by atoms with Crippen molar-refractivity contribution < 1.29 is 24.2 Å². The molecule has 5 nitrogen and oxygen atoms in total. The summed E-state index contributed by atoms with van der Waals surface area (Å²) in [7, 11) is 0. The molecule has 24 heavy (non-hydrogen) atoms. The number of Topliss-reactive ketones (excluding diaryl/α,β-unsaturated/α-hetero) is 2. The van der Waals surface area contributed by atoms with Crippen molar-refractivity contribution in [3.05, 3.63) is 71.8 Å². The Hall–Kier alpha value is -3.21. The Balaban J connectivity index is 1.93. The van der Waals surface area contributed by atoms with Gasteiger partial charge in [-0.25, -0.2) is 4.79 Å². The average Bonchev–Trinajstić information content (AvgIpc) is 2.59. The Kier molecular flexibility index (Phi) is 6.02. The Labute approximate surface area is 139 Å². The molecule has 0 amide bonds. The standard InChI is InChI=1S/C19H16O5/c20-17(13-18(21)19(22)23)15-9-4-10-16(12-15)24-11-5-8-14-6-2-1-3-7-14/h1-10,12H,11,13H2,(H,22,23)/b8-5+. The quantitative estimate of drug-likeness (QED) is 0.459. The number of benzene rings is 2. The second-order valence-electron chi connectivity index (χ2n) is 4.98. The minimum Gasteiger partial charge on any atom is -0.490 e. The largest absolute Gasteiger partial charge is 0.490 e. The Morgan fingerprint density at radius 3 is 2.46 bits per heavy atom. The molecule has 0 bridgehead atoms. The van der Waals surface area contributed by atoms with Gasteiger partial charge in [-0.05, 0) is 23.8 Å². The Bertz CT molecular complexity index is 762. The molecule has 0 spiro atoms. The van der Waals surface area contributed by atoms with Crippen molar-refractivity contribution in [3.8, 4) is 5.75 Å². The molecular formula is C19H16O5. The van der Waals surface area contributed by atoms with Gasteiger partial charge < -0.3 is 9.84 Å². The van der Waals surface area contributed by atoms with E-state index in [1.54, 1.807) is 12.1 Å². The van der Waals surface area contributed by atoms with Crippen molar-refractivity contribution in [1.29, 1.82) is 0 Å². The third kappa shape index (κ3) is 5.21. The predicted octanol–water partition coefficient (Wildman–Crippen LogP) is 3.01. The summed E-state index contributed by atoms with van der Waals surface area (Å²) in [5, 5.41) is 8.54. The van der Waals surface area contributed by atoms with Gasteiger partial charge in [-0.15, -0.1) is 0 Å². The first kappa shape index (κ1) is 17.1. The number of ketones is 2. The van der Waals surface area contributed by atoms with Gasteiger partial charge >= 0.3 is 5.97 Å². The average molecular weight is 324 g/mol. The number of hydrogen-bond donors (Lipinski definition) is 1. The summed E-state index contributed by atoms with van der Waals surface area (Å²) in [5.74, 6) is -2.81. The summed E-state index contributed by atoms with van der Waals surface area (Å²) in [6, 6.07) is 16.1. The van der Waals surface area contributed by atoms with Gasteiger partial charge in [0, 0.05) is 5.56 Å². The maximum Gasteiger partial charge on any atom is 0.372 e. The highest BCUT2D eigenvalue weighted by Crippen LogP contribution is 2.15. The van der Waals surface area contributed by atoms with Gasteiger partial charge in [0.15, 0.2) is 5.78 Å². The lowest BCUT2D eigenvalue weighted by molar-refractivity contribution is -0.148. The van der Waals surface area contributed by atoms with E-state index in [9.17, 15) is 14.4 Å². The molecule has 0 aliphatic carbocycles. The van der Waals surface area contributed by atoms with Crippen LogP contribution in [0, 0.1) is 0 Å². The second kappa shape index (κ2) is 8.43. The number of carbonyl (C=O) groups excluding carboxylic acids is 2. The Morgan fingerprint density at radius 1 is 1.00 bits per heavy atom. The lowest BCUT2D eigenvalue weighted by Crippen LogP contribution is -2.17. The van der Waals surface area contributed by atoms with Gasteiger partial charge in [0.05, 0.1) is 6.42 Å². The molecule has 0 radical (unpaired) electrons. The SMILES string of the molecule is O=C(O)C(=O)CC(=O)c1cccc(OC/C=C/c2ccccc2)c1. The molecule has 0 aliphatic heterocycles. The molecule has 0 atom stereocenters. The molecule has 2 rings (SSSR count). The van der Waals surface area contributed by atoms with Gasteiger partial charge in [-0.2, -0.15) is 0 Å². The fourth-order valence-electron chi connectivity index (χ4n) is 1.98. The minimum atomic E-state index is -1.61. The number of carboxylic acid groups (broad SMARTS) is 1. The fraction of sp³-hybridized carbons (Fsp3) is 0.105. The van der Waals surface area contributed by atoms with Crippen LogP contribution in [0.15, 0.2) is 60.7 Å². The lowest BCUT2D eigenvalue weighted by Gasteiger charge is -2.05. The Morgan fingerprint density at radius 2 is 1.75 bits per heavy atom. The normalized spacial score (nSPS) is 10.5. The van der Waals surface area contributed by atoms with Crippen LogP contribution in [0.5, 0.6) is 5.75 Å². The van der Waals surface area contributed by atoms with Crippen molar-refractivity contribution in [2.75, 3.05) is 6.61 Å². The van der Waals surface area contributed by atoms with Gasteiger partial charge in [-0.3, -0.25) is 9.59 Å². The van der Waals surface area contributed by atoms with Gasteiger partial charge in [0.2, 0.25) is 5.78 Å². The smallest absolute Gasteiger partial charge is 0.372 e. The number of carboxylic acids is 1. The van der Waals surface area contributed by atoms with E-state index in [0.717, 1.165) is 5.56 Å². The zero-order valence-electron chi connectivity index (χ0n) is 12.8. The molecule has 0 fully saturated rings. The van der Waals surface area contributed by atoms with E-state index in [1.807, 2.05) is 42.5 Å². The maximum atomic E-state index is 11.9. The van der Waals surface area contributed by atoms with Gasteiger partial charge in [-0.1, -0.05) is 48.5 Å². The van der Waals surface area contributed by atoms with Crippen molar-refractivity contribution >= 4 is 23.6 Å². The van der Waals surface area contributed by atoms with Crippen LogP contribution in [0.3, 0.4) is 0 Å². The number of carbonyl (C=O) groups is 3. The number of aliphatic carboxylic acids is 1. The number of hydrogen-bond acceptors (Lipinski definition) is 4. The first-order chi connectivity index (χ1) is 11.6. The molecule has 1 N–H and O–H groups in total. The summed E-state index contributed by atoms with van der Waals surface area (Å²) >= 11 is 0. The van der Waals surface area contributed by atoms with Crippen LogP contribution in [-0.4, -0.2) is 29.2 Å². The van der Waals surface area contributed by atoms with Crippen molar-refractivity contribution in [1.82, 2.24) is 0 Å². The molecule has 0 saturated carbocycles. The van der Waals surface area contributed by atoms with Gasteiger partial charge in [0.1, 0.15) is 12.4 Å². The molecule has 0 heterocycles. The molecule has 122 valence electrons. The van der Waals surface area contributed by atoms with Gasteiger partial charge in [0.25, 0.3) is 0 Å². The first-order valence-corrected chi connectivity index (χ1v) is 7.30. The summed E-state index contributed by atoms with van der Waals surface area (Å²) in [6.45, 7) is 0.320. The van der Waals surface area contributed by atoms with E-state index < -0.39 is 24.0 Å². The minimum absolute atomic E-state index is 0.245. The van der Waals surface area contributed by atoms with E-state index >= 15 is 0 Å². The van der Waals surface area contributed by atoms with Crippen LogP contribution in [-0.2, 0) is 9.59 Å². The van der Waals surface area contributed by atoms with E-state index in [-0.39, 0.29) is 5.56 Å². The molecule has 2 aromatic rings. The molecule has 5 heteroatoms. The third-order valence-electron chi connectivity index (χ3n) is 3.17. The molecule has 0 unspecified atom stereocenters. The highest BCUT2D eigenvalue weighted by atomic mass is 16.5. The first-order valence-electron chi connectivity index (χ1n) is 7.30. The topological polar surface area (TPSA) is 80.7 Å². The molecular weight excluding hydrogens is 308 g/mol. The highest BCUT2D eigenvalue weighted by molar-refractivity contribution is 6.37. The second-order valence-corrected chi connectivity index (χ2v) is 4.98. The number of rotatable bonds is 8. The summed E-state index contributed by atoms with van der Waals surface area (Å²) in [4.78, 5) is 33.5. The van der Waals surface area contributed by atoms with Crippen molar-refractivity contribution in [2.24, 2.45) is 0 Å². The van der Waals surface area contributed by atoms with E-state index in [0.29, 0.717) is 12.4 Å². The van der Waals surface area contributed by atoms with Crippen LogP contribution in [0.1, 0.15) is 22.3 Å². The molecule has 2 aromatic carbocycles. The third-order valence-corrected chi connectivity index (χ3v) is 3.17. The summed E-state index contributed by atoms with van der Waals surface area (Å²) < 4.78 is 5.53. The maximum absolute atomic E-state index is 11.9.